The van der Waals surface area contributed by atoms with Gasteiger partial charge in [0.25, 0.3) is 0 Å². The minimum atomic E-state index is 0.173. The van der Waals surface area contributed by atoms with Crippen LogP contribution in [0.15, 0.2) is 29.3 Å². The molecule has 1 aromatic rings. The van der Waals surface area contributed by atoms with Gasteiger partial charge in [-0.1, -0.05) is 12.1 Å². The predicted molar refractivity (Wildman–Crippen MR) is 97.7 cm³/mol. The van der Waals surface area contributed by atoms with E-state index in [1.165, 1.54) is 5.56 Å². The van der Waals surface area contributed by atoms with Crippen molar-refractivity contribution < 1.29 is 9.47 Å². The molecule has 1 unspecified atom stereocenters. The highest BCUT2D eigenvalue weighted by molar-refractivity contribution is 5.79. The van der Waals surface area contributed by atoms with E-state index < -0.39 is 0 Å². The van der Waals surface area contributed by atoms with Crippen molar-refractivity contribution in [2.45, 2.75) is 19.6 Å². The van der Waals surface area contributed by atoms with Crippen molar-refractivity contribution in [1.29, 1.82) is 0 Å². The number of guanidine groups is 1. The second-order valence-electron chi connectivity index (χ2n) is 6.15. The molecule has 1 aliphatic rings. The number of benzene rings is 1. The molecule has 134 valence electrons. The molecular weight excluding hydrogens is 304 g/mol. The molecule has 1 saturated heterocycles. The Balaban J connectivity index is 1.95. The van der Waals surface area contributed by atoms with Crippen LogP contribution >= 0.6 is 0 Å². The molecule has 0 radical (unpaired) electrons. The van der Waals surface area contributed by atoms with Crippen molar-refractivity contribution in [3.8, 4) is 5.75 Å². The zero-order valence-electron chi connectivity index (χ0n) is 15.3. The van der Waals surface area contributed by atoms with Gasteiger partial charge in [0.1, 0.15) is 5.75 Å². The smallest absolute Gasteiger partial charge is 0.194 e. The number of aliphatic imine (C=N–C) groups is 1. The molecule has 0 aromatic heterocycles. The summed E-state index contributed by atoms with van der Waals surface area (Å²) < 4.78 is 11.0. The number of nitrogens with zero attached hydrogens (tertiary/aromatic N) is 3. The van der Waals surface area contributed by atoms with Gasteiger partial charge >= 0.3 is 0 Å². The van der Waals surface area contributed by atoms with Gasteiger partial charge in [0.05, 0.1) is 26.4 Å². The molecule has 0 saturated carbocycles. The summed E-state index contributed by atoms with van der Waals surface area (Å²) in [4.78, 5) is 9.18. The first-order valence-electron chi connectivity index (χ1n) is 8.55. The molecule has 24 heavy (non-hydrogen) atoms. The highest BCUT2D eigenvalue weighted by Crippen LogP contribution is 2.12. The lowest BCUT2D eigenvalue weighted by atomic mass is 10.2. The summed E-state index contributed by atoms with van der Waals surface area (Å²) in [5, 5.41) is 3.36. The van der Waals surface area contributed by atoms with Crippen LogP contribution in [0.5, 0.6) is 5.75 Å². The summed E-state index contributed by atoms with van der Waals surface area (Å²) >= 11 is 0. The minimum Gasteiger partial charge on any atom is -0.497 e. The average molecular weight is 334 g/mol. The van der Waals surface area contributed by atoms with E-state index in [1.54, 1.807) is 7.11 Å². The van der Waals surface area contributed by atoms with E-state index in [1.807, 2.05) is 12.1 Å². The van der Waals surface area contributed by atoms with Crippen molar-refractivity contribution in [2.24, 2.45) is 4.99 Å². The molecule has 1 fully saturated rings. The Hall–Kier alpha value is -1.79. The minimum absolute atomic E-state index is 0.173. The quantitative estimate of drug-likeness (QED) is 0.630. The van der Waals surface area contributed by atoms with Crippen molar-refractivity contribution >= 4 is 5.96 Å². The van der Waals surface area contributed by atoms with E-state index in [9.17, 15) is 0 Å². The van der Waals surface area contributed by atoms with Crippen LogP contribution in [0, 0.1) is 0 Å². The zero-order chi connectivity index (χ0) is 17.4. The highest BCUT2D eigenvalue weighted by atomic mass is 16.5. The maximum Gasteiger partial charge on any atom is 0.194 e. The molecule has 1 N–H and O–H groups in total. The van der Waals surface area contributed by atoms with Gasteiger partial charge in [-0.2, -0.15) is 0 Å². The lowest BCUT2D eigenvalue weighted by molar-refractivity contribution is -0.0137. The van der Waals surface area contributed by atoms with Crippen LogP contribution in [0.25, 0.3) is 0 Å². The summed E-state index contributed by atoms with van der Waals surface area (Å²) in [7, 11) is 5.86. The standard InChI is InChI=1S/C18H30N4O2/c1-5-19-18(20-12-17-14-21(2)10-11-24-17)22(3)13-15-6-8-16(23-4)9-7-15/h6-9,17H,5,10-14H2,1-4H3,(H,19,20). The summed E-state index contributed by atoms with van der Waals surface area (Å²) in [6.07, 6.45) is 0.173. The SMILES string of the molecule is CCNC(=NCC1CN(C)CCO1)N(C)Cc1ccc(OC)cc1. The Bertz CT molecular complexity index is 518. The largest absolute Gasteiger partial charge is 0.497 e. The van der Waals surface area contributed by atoms with Gasteiger partial charge in [-0.25, -0.2) is 0 Å². The van der Waals surface area contributed by atoms with Gasteiger partial charge in [0.2, 0.25) is 0 Å². The topological polar surface area (TPSA) is 49.3 Å². The maximum atomic E-state index is 5.79. The van der Waals surface area contributed by atoms with Crippen molar-refractivity contribution in [2.75, 3.05) is 54.0 Å². The monoisotopic (exact) mass is 334 g/mol. The Morgan fingerprint density at radius 2 is 2.17 bits per heavy atom. The van der Waals surface area contributed by atoms with Gasteiger partial charge in [0.15, 0.2) is 5.96 Å². The molecule has 1 aliphatic heterocycles. The van der Waals surface area contributed by atoms with Gasteiger partial charge in [-0.3, -0.25) is 4.99 Å². The molecule has 2 rings (SSSR count). The van der Waals surface area contributed by atoms with Crippen molar-refractivity contribution in [3.05, 3.63) is 29.8 Å². The molecular formula is C18H30N4O2. The van der Waals surface area contributed by atoms with E-state index in [2.05, 4.69) is 48.3 Å². The summed E-state index contributed by atoms with van der Waals surface area (Å²) in [5.74, 6) is 1.78. The van der Waals surface area contributed by atoms with Crippen molar-refractivity contribution in [1.82, 2.24) is 15.1 Å². The van der Waals surface area contributed by atoms with E-state index in [0.29, 0.717) is 6.54 Å². The third-order valence-electron chi connectivity index (χ3n) is 4.06. The molecule has 0 aliphatic carbocycles. The third kappa shape index (κ3) is 5.69. The van der Waals surface area contributed by atoms with Gasteiger partial charge in [-0.15, -0.1) is 0 Å². The van der Waals surface area contributed by atoms with Crippen LogP contribution in [-0.2, 0) is 11.3 Å². The Labute approximate surface area is 145 Å². The molecule has 0 bridgehead atoms. The number of ether oxygens (including phenoxy) is 2. The van der Waals surface area contributed by atoms with Crippen LogP contribution in [0.3, 0.4) is 0 Å². The fourth-order valence-electron chi connectivity index (χ4n) is 2.71. The molecule has 1 aromatic carbocycles. The summed E-state index contributed by atoms with van der Waals surface area (Å²) in [6, 6.07) is 8.13. The van der Waals surface area contributed by atoms with E-state index in [0.717, 1.165) is 44.5 Å². The van der Waals surface area contributed by atoms with E-state index in [-0.39, 0.29) is 6.10 Å². The highest BCUT2D eigenvalue weighted by Gasteiger charge is 2.17. The number of likely N-dealkylation sites (N-methyl/N-ethyl adjacent to an activating group) is 1. The maximum absolute atomic E-state index is 5.79. The van der Waals surface area contributed by atoms with Gasteiger partial charge < -0.3 is 24.6 Å². The lowest BCUT2D eigenvalue weighted by Crippen LogP contribution is -2.43. The predicted octanol–water partition coefficient (Wildman–Crippen LogP) is 1.42. The Kier molecular flexibility index (Phi) is 7.34. The lowest BCUT2D eigenvalue weighted by Gasteiger charge is -2.29. The van der Waals surface area contributed by atoms with Gasteiger partial charge in [-0.05, 0) is 31.7 Å². The Morgan fingerprint density at radius 1 is 1.42 bits per heavy atom. The average Bonchev–Trinajstić information content (AvgIpc) is 2.59. The number of hydrogen-bond acceptors (Lipinski definition) is 4. The first-order valence-corrected chi connectivity index (χ1v) is 8.55. The molecule has 6 heteroatoms. The van der Waals surface area contributed by atoms with E-state index in [4.69, 9.17) is 14.5 Å². The first kappa shape index (κ1) is 18.5. The third-order valence-corrected chi connectivity index (χ3v) is 4.06. The number of hydrogen-bond donors (Lipinski definition) is 1. The molecule has 0 amide bonds. The molecule has 1 atom stereocenters. The molecule has 0 spiro atoms. The number of nitrogens with one attached hydrogen (secondary N) is 1. The van der Waals surface area contributed by atoms with Gasteiger partial charge in [0, 0.05) is 33.2 Å². The zero-order valence-corrected chi connectivity index (χ0v) is 15.3. The second-order valence-corrected chi connectivity index (χ2v) is 6.15. The van der Waals surface area contributed by atoms with Crippen LogP contribution in [-0.4, -0.2) is 75.9 Å². The fourth-order valence-corrected chi connectivity index (χ4v) is 2.71. The van der Waals surface area contributed by atoms with Crippen LogP contribution < -0.4 is 10.1 Å². The van der Waals surface area contributed by atoms with Crippen LogP contribution in [0.1, 0.15) is 12.5 Å². The Morgan fingerprint density at radius 3 is 2.79 bits per heavy atom. The second kappa shape index (κ2) is 9.49. The van der Waals surface area contributed by atoms with Crippen LogP contribution in [0.2, 0.25) is 0 Å². The first-order chi connectivity index (χ1) is 11.6. The van der Waals surface area contributed by atoms with E-state index >= 15 is 0 Å². The summed E-state index contributed by atoms with van der Waals surface area (Å²) in [5.41, 5.74) is 1.22. The fraction of sp³-hybridized carbons (Fsp3) is 0.611. The summed E-state index contributed by atoms with van der Waals surface area (Å²) in [6.45, 7) is 7.12. The van der Waals surface area contributed by atoms with Crippen molar-refractivity contribution in [3.63, 3.8) is 0 Å². The van der Waals surface area contributed by atoms with Crippen LogP contribution in [0.4, 0.5) is 0 Å². The molecule has 6 nitrogen and oxygen atoms in total. The normalized spacial score (nSPS) is 19.2. The number of rotatable bonds is 6. The number of methoxy groups -OCH3 is 1. The number of morpholine rings is 1. The molecule has 1 heterocycles.